The quantitative estimate of drug-likeness (QED) is 0.0567. The van der Waals surface area contributed by atoms with Gasteiger partial charge in [0.1, 0.15) is 134 Å². The Morgan fingerprint density at radius 3 is 1.49 bits per heavy atom. The van der Waals surface area contributed by atoms with Crippen molar-refractivity contribution in [1.29, 1.82) is 0 Å². The van der Waals surface area contributed by atoms with E-state index < -0.39 is 234 Å². The molecule has 0 amide bonds. The van der Waals surface area contributed by atoms with Gasteiger partial charge in [-0.15, -0.1) is 0 Å². The predicted octanol–water partition coefficient (Wildman–Crippen LogP) is -6.92. The number of aliphatic hydroxyl groups is 18. The lowest BCUT2D eigenvalue weighted by atomic mass is 9.45. The zero-order chi connectivity index (χ0) is 64.7. The molecule has 89 heavy (non-hydrogen) atoms. The fourth-order valence-corrected chi connectivity index (χ4v) is 16.2. The van der Waals surface area contributed by atoms with Crippen molar-refractivity contribution in [3.05, 3.63) is 11.6 Å². The van der Waals surface area contributed by atoms with E-state index in [4.69, 9.17) is 61.6 Å². The van der Waals surface area contributed by atoms with Gasteiger partial charge in [0.25, 0.3) is 0 Å². The van der Waals surface area contributed by atoms with Gasteiger partial charge in [-0.05, 0) is 95.3 Å². The number of aliphatic hydroxyl groups excluding tert-OH is 17. The Bertz CT molecular complexity index is 2350. The summed E-state index contributed by atoms with van der Waals surface area (Å²) in [4.78, 5) is 0. The van der Waals surface area contributed by atoms with Gasteiger partial charge in [-0.3, -0.25) is 0 Å². The topological polar surface area (TPSA) is 484 Å². The van der Waals surface area contributed by atoms with Crippen molar-refractivity contribution in [2.75, 3.05) is 33.5 Å². The van der Waals surface area contributed by atoms with Gasteiger partial charge in [0.2, 0.25) is 0 Å². The van der Waals surface area contributed by atoms with Crippen molar-refractivity contribution >= 4 is 0 Å². The van der Waals surface area contributed by atoms with Gasteiger partial charge in [0.05, 0.1) is 56.4 Å². The summed E-state index contributed by atoms with van der Waals surface area (Å²) >= 11 is 0. The Morgan fingerprint density at radius 2 is 0.944 bits per heavy atom. The fourth-order valence-electron chi connectivity index (χ4n) is 16.2. The minimum atomic E-state index is -1.84. The third kappa shape index (κ3) is 13.1. The number of rotatable bonds is 18. The second-order valence-electron chi connectivity index (χ2n) is 26.9. The zero-order valence-electron chi connectivity index (χ0n) is 50.6. The summed E-state index contributed by atoms with van der Waals surface area (Å²) in [6, 6.07) is 0. The van der Waals surface area contributed by atoms with Crippen LogP contribution in [0.1, 0.15) is 86.0 Å². The first-order valence-electron chi connectivity index (χ1n) is 31.2. The van der Waals surface area contributed by atoms with Crippen molar-refractivity contribution in [1.82, 2.24) is 0 Å². The van der Waals surface area contributed by atoms with Crippen molar-refractivity contribution in [2.24, 2.45) is 28.6 Å². The van der Waals surface area contributed by atoms with Gasteiger partial charge < -0.3 is 153 Å². The van der Waals surface area contributed by atoms with E-state index in [0.717, 1.165) is 6.42 Å². The zero-order valence-corrected chi connectivity index (χ0v) is 50.6. The summed E-state index contributed by atoms with van der Waals surface area (Å²) in [5.74, 6) is -0.300. The second kappa shape index (κ2) is 27.9. The first-order chi connectivity index (χ1) is 42.0. The Balaban J connectivity index is 0.724. The molecule has 9 fully saturated rings. The third-order valence-electron chi connectivity index (χ3n) is 21.8. The molecule has 3 saturated carbocycles. The number of methoxy groups -OCH3 is 1. The maximum Gasteiger partial charge on any atom is 0.187 e. The molecule has 514 valence electrons. The lowest BCUT2D eigenvalue weighted by molar-refractivity contribution is -0.366. The average molecular weight is 1290 g/mol. The van der Waals surface area contributed by atoms with E-state index in [1.165, 1.54) is 19.6 Å². The van der Waals surface area contributed by atoms with Crippen molar-refractivity contribution in [3.8, 4) is 0 Å². The summed E-state index contributed by atoms with van der Waals surface area (Å²) in [6.07, 6.45) is -39.9. The number of ether oxygens (including phenoxy) is 13. The lowest BCUT2D eigenvalue weighted by Crippen LogP contribution is -2.65. The molecule has 0 spiro atoms. The summed E-state index contributed by atoms with van der Waals surface area (Å²) in [5, 5.41) is 194. The third-order valence-corrected chi connectivity index (χ3v) is 21.8. The average Bonchev–Trinajstić information content (AvgIpc) is 1.66. The van der Waals surface area contributed by atoms with Crippen molar-refractivity contribution in [2.45, 2.75) is 288 Å². The first kappa shape index (κ1) is 70.3. The smallest absolute Gasteiger partial charge is 0.187 e. The highest BCUT2D eigenvalue weighted by molar-refractivity contribution is 5.28. The predicted molar refractivity (Wildman–Crippen MR) is 292 cm³/mol. The highest BCUT2D eigenvalue weighted by atomic mass is 16.8. The molecular formula is C58H96O31. The van der Waals surface area contributed by atoms with E-state index in [9.17, 15) is 91.9 Å². The molecule has 0 unspecified atom stereocenters. The fraction of sp³-hybridized carbons (Fsp3) is 0.966. The number of hydrogen-bond acceptors (Lipinski definition) is 31. The highest BCUT2D eigenvalue weighted by Crippen LogP contribution is 2.69. The SMILES string of the molecule is CO[C@@H]1[C@@H](O)[C@H](O[C@H]2CC[C@@]3(C)C(=CC[C@@H]4[C@H]3CC[C@]3(C)[C@@H]([C@H](C)O[C@@H]5O[C@H](CO[C@@H]6O[C@H](CO[C@@H]7O[C@@H](C)[C@H](O)[C@@H](O)[C@H]7O)[C@@H](O)[C@H](O)[C@H]6O)[C@@H](O)[C@H](O)[C@H]5O)CC[C@]43O)C2)O[C@H](C)[C@@H]1O[C@@H]1O[C@H](CO[C@@H]2O[C@H](CO)[C@@H](O)[C@H](O)[C@H]2O)[C@@H](O)[C@H](O)[C@H]1O. The molecule has 10 rings (SSSR count). The molecule has 6 saturated heterocycles. The van der Waals surface area contributed by atoms with Gasteiger partial charge in [-0.1, -0.05) is 25.5 Å². The first-order valence-corrected chi connectivity index (χ1v) is 31.2. The Hall–Kier alpha value is -1.50. The molecule has 0 aromatic rings. The second-order valence-corrected chi connectivity index (χ2v) is 26.9. The largest absolute Gasteiger partial charge is 0.394 e. The van der Waals surface area contributed by atoms with Crippen molar-refractivity contribution in [3.63, 3.8) is 0 Å². The molecule has 0 bridgehead atoms. The van der Waals surface area contributed by atoms with Gasteiger partial charge in [-0.25, -0.2) is 0 Å². The number of hydrogen-bond donors (Lipinski definition) is 18. The van der Waals surface area contributed by atoms with Crippen LogP contribution >= 0.6 is 0 Å². The molecule has 6 heterocycles. The van der Waals surface area contributed by atoms with Crippen LogP contribution in [0.15, 0.2) is 11.6 Å². The minimum absolute atomic E-state index is 0.0890. The number of allylic oxidation sites excluding steroid dienone is 1. The maximum atomic E-state index is 13.1. The number of fused-ring (bicyclic) bond motifs is 5. The van der Waals surface area contributed by atoms with Crippen LogP contribution in [0, 0.1) is 28.6 Å². The summed E-state index contributed by atoms with van der Waals surface area (Å²) < 4.78 is 76.4. The molecule has 10 aliphatic rings. The molecule has 0 aromatic carbocycles. The van der Waals surface area contributed by atoms with E-state index in [-0.39, 0.29) is 23.2 Å². The highest BCUT2D eigenvalue weighted by Gasteiger charge is 2.68. The molecule has 18 N–H and O–H groups in total. The van der Waals surface area contributed by atoms with Crippen LogP contribution in [0.2, 0.25) is 0 Å². The van der Waals surface area contributed by atoms with Gasteiger partial charge in [-0.2, -0.15) is 0 Å². The van der Waals surface area contributed by atoms with Crippen LogP contribution in [0.25, 0.3) is 0 Å². The molecular weight excluding hydrogens is 1190 g/mol. The van der Waals surface area contributed by atoms with E-state index in [2.05, 4.69) is 19.9 Å². The van der Waals surface area contributed by atoms with Gasteiger partial charge in [0, 0.05) is 12.5 Å². The van der Waals surface area contributed by atoms with E-state index in [0.29, 0.717) is 44.9 Å². The maximum absolute atomic E-state index is 13.1. The Morgan fingerprint density at radius 1 is 0.483 bits per heavy atom. The molecule has 38 atom stereocenters. The van der Waals surface area contributed by atoms with Crippen LogP contribution in [-0.4, -0.2) is 327 Å². The minimum Gasteiger partial charge on any atom is -0.394 e. The molecule has 31 nitrogen and oxygen atoms in total. The standard InChI is InChI=1S/C58H96O31/c1-20(81-53-45(73)40(68)35(63)30(87-53)18-80-52-44(72)39(67)34(62)29(86-52)17-78-50-42(70)37(65)32(60)21(2)82-50)25-11-14-58(76)27-8-7-23-15-24(9-12-56(23,4)26(27)10-13-57(25,58)5)84-55-47(75)49(77-6)48(22(3)83-55)89-54-46(74)41(69)36(64)31(88-54)19-79-51-43(71)38(66)33(61)28(16-59)85-51/h7,20-22,24-55,59-76H,8-19H2,1-6H3/t20-,21-,22+,24-,25+,26+,27+,28+,29+,30+,31+,32-,33+,34+,35+,36+,37+,38-,39-,40-,41-,42+,43+,44+,45+,46+,47+,48-,49+,50+,51+,52+,53+,54-,55-,56-,57+,58-/m0/s1. The van der Waals surface area contributed by atoms with Gasteiger partial charge >= 0.3 is 0 Å². The van der Waals surface area contributed by atoms with Crippen LogP contribution < -0.4 is 0 Å². The van der Waals surface area contributed by atoms with Crippen LogP contribution in [0.4, 0.5) is 0 Å². The molecule has 4 aliphatic carbocycles. The normalized spacial score (nSPS) is 55.0. The molecule has 0 radical (unpaired) electrons. The molecule has 6 aliphatic heterocycles. The van der Waals surface area contributed by atoms with E-state index in [1.807, 2.05) is 6.92 Å². The van der Waals surface area contributed by atoms with Crippen LogP contribution in [-0.2, 0) is 61.6 Å². The van der Waals surface area contributed by atoms with E-state index >= 15 is 0 Å². The summed E-state index contributed by atoms with van der Waals surface area (Å²) in [5.41, 5.74) is -0.947. The van der Waals surface area contributed by atoms with E-state index in [1.54, 1.807) is 6.92 Å². The van der Waals surface area contributed by atoms with Crippen molar-refractivity contribution < 1.29 is 153 Å². The monoisotopic (exact) mass is 1290 g/mol. The Labute approximate surface area is 514 Å². The Kier molecular flexibility index (Phi) is 22.1. The molecule has 0 aromatic heterocycles. The summed E-state index contributed by atoms with van der Waals surface area (Å²) in [7, 11) is 1.35. The summed E-state index contributed by atoms with van der Waals surface area (Å²) in [6.45, 7) is 6.78. The van der Waals surface area contributed by atoms with Crippen LogP contribution in [0.5, 0.6) is 0 Å². The lowest BCUT2D eigenvalue weighted by Gasteiger charge is -2.61. The van der Waals surface area contributed by atoms with Gasteiger partial charge in [0.15, 0.2) is 37.7 Å². The van der Waals surface area contributed by atoms with Crippen LogP contribution in [0.3, 0.4) is 0 Å². The molecule has 31 heteroatoms.